The maximum absolute atomic E-state index is 6.08. The highest BCUT2D eigenvalue weighted by Gasteiger charge is 2.06. The van der Waals surface area contributed by atoms with E-state index in [0.717, 1.165) is 12.2 Å². The number of nitrogens with one attached hydrogen (secondary N) is 1. The lowest BCUT2D eigenvalue weighted by atomic mass is 10.2. The lowest BCUT2D eigenvalue weighted by Gasteiger charge is -2.14. The van der Waals surface area contributed by atoms with Gasteiger partial charge in [0.2, 0.25) is 0 Å². The van der Waals surface area contributed by atoms with Gasteiger partial charge in [-0.3, -0.25) is 0 Å². The van der Waals surface area contributed by atoms with Crippen molar-refractivity contribution in [1.29, 1.82) is 0 Å². The standard InChI is InChI=1S/C12H17Cl2NO/c1-3-16-8-9(2)15-7-10-5-4-6-11(13)12(10)14/h4-6,9,15H,3,7-8H2,1-2H3. The van der Waals surface area contributed by atoms with Gasteiger partial charge in [-0.1, -0.05) is 35.3 Å². The van der Waals surface area contributed by atoms with E-state index in [-0.39, 0.29) is 0 Å². The van der Waals surface area contributed by atoms with E-state index in [0.29, 0.717) is 29.2 Å². The molecule has 0 heterocycles. The van der Waals surface area contributed by atoms with E-state index in [4.69, 9.17) is 27.9 Å². The number of halogens is 2. The van der Waals surface area contributed by atoms with Crippen molar-refractivity contribution in [2.75, 3.05) is 13.2 Å². The second kappa shape index (κ2) is 7.13. The van der Waals surface area contributed by atoms with Gasteiger partial charge in [0.15, 0.2) is 0 Å². The van der Waals surface area contributed by atoms with Gasteiger partial charge in [0.25, 0.3) is 0 Å². The zero-order valence-electron chi connectivity index (χ0n) is 9.59. The average Bonchev–Trinajstić information content (AvgIpc) is 2.28. The highest BCUT2D eigenvalue weighted by atomic mass is 35.5. The molecule has 0 spiro atoms. The average molecular weight is 262 g/mol. The molecule has 1 aromatic rings. The minimum absolute atomic E-state index is 0.301. The van der Waals surface area contributed by atoms with Gasteiger partial charge in [-0.25, -0.2) is 0 Å². The summed E-state index contributed by atoms with van der Waals surface area (Å²) in [7, 11) is 0. The first-order valence-corrected chi connectivity index (χ1v) is 6.14. The summed E-state index contributed by atoms with van der Waals surface area (Å²) in [6, 6.07) is 5.96. The Morgan fingerprint density at radius 1 is 1.38 bits per heavy atom. The van der Waals surface area contributed by atoms with Crippen LogP contribution in [-0.4, -0.2) is 19.3 Å². The van der Waals surface area contributed by atoms with Crippen molar-refractivity contribution in [2.24, 2.45) is 0 Å². The molecule has 0 fully saturated rings. The SMILES string of the molecule is CCOCC(C)NCc1cccc(Cl)c1Cl. The van der Waals surface area contributed by atoms with Crippen LogP contribution in [0.4, 0.5) is 0 Å². The van der Waals surface area contributed by atoms with Gasteiger partial charge in [-0.15, -0.1) is 0 Å². The Hall–Kier alpha value is -0.280. The molecule has 4 heteroatoms. The summed E-state index contributed by atoms with van der Waals surface area (Å²) in [5.41, 5.74) is 1.01. The number of hydrogen-bond donors (Lipinski definition) is 1. The van der Waals surface area contributed by atoms with E-state index in [9.17, 15) is 0 Å². The van der Waals surface area contributed by atoms with Crippen LogP contribution in [0.15, 0.2) is 18.2 Å². The summed E-state index contributed by atoms with van der Waals surface area (Å²) in [6.45, 7) is 6.21. The van der Waals surface area contributed by atoms with Crippen LogP contribution in [0.2, 0.25) is 10.0 Å². The second-order valence-electron chi connectivity index (χ2n) is 3.65. The first-order valence-electron chi connectivity index (χ1n) is 5.39. The predicted molar refractivity (Wildman–Crippen MR) is 69.3 cm³/mol. The summed E-state index contributed by atoms with van der Waals surface area (Å²) in [5.74, 6) is 0. The van der Waals surface area contributed by atoms with E-state index in [1.807, 2.05) is 19.1 Å². The van der Waals surface area contributed by atoms with Gasteiger partial charge >= 0.3 is 0 Å². The molecule has 90 valence electrons. The van der Waals surface area contributed by atoms with Gasteiger partial charge in [-0.05, 0) is 25.5 Å². The Labute approximate surface area is 107 Å². The van der Waals surface area contributed by atoms with E-state index in [1.54, 1.807) is 6.07 Å². The van der Waals surface area contributed by atoms with Crippen molar-refractivity contribution >= 4 is 23.2 Å². The Morgan fingerprint density at radius 3 is 2.81 bits per heavy atom. The van der Waals surface area contributed by atoms with Crippen LogP contribution in [-0.2, 0) is 11.3 Å². The molecule has 1 aromatic carbocycles. The van der Waals surface area contributed by atoms with Crippen LogP contribution in [0.3, 0.4) is 0 Å². The van der Waals surface area contributed by atoms with E-state index < -0.39 is 0 Å². The fraction of sp³-hybridized carbons (Fsp3) is 0.500. The molecule has 1 atom stereocenters. The van der Waals surface area contributed by atoms with E-state index >= 15 is 0 Å². The molecule has 16 heavy (non-hydrogen) atoms. The Bertz CT molecular complexity index is 331. The molecule has 1 unspecified atom stereocenters. The second-order valence-corrected chi connectivity index (χ2v) is 4.44. The molecule has 0 aliphatic rings. The van der Waals surface area contributed by atoms with Crippen molar-refractivity contribution in [3.63, 3.8) is 0 Å². The molecule has 0 aliphatic carbocycles. The Balaban J connectivity index is 2.45. The van der Waals surface area contributed by atoms with Crippen molar-refractivity contribution in [3.8, 4) is 0 Å². The number of rotatable bonds is 6. The molecular weight excluding hydrogens is 245 g/mol. The fourth-order valence-electron chi connectivity index (χ4n) is 1.32. The molecule has 0 aliphatic heterocycles. The quantitative estimate of drug-likeness (QED) is 0.847. The third-order valence-corrected chi connectivity index (χ3v) is 3.10. The van der Waals surface area contributed by atoms with Crippen LogP contribution >= 0.6 is 23.2 Å². The van der Waals surface area contributed by atoms with Crippen LogP contribution in [0.1, 0.15) is 19.4 Å². The molecule has 0 radical (unpaired) electrons. The molecule has 1 rings (SSSR count). The van der Waals surface area contributed by atoms with E-state index in [2.05, 4.69) is 12.2 Å². The van der Waals surface area contributed by atoms with Crippen LogP contribution in [0.25, 0.3) is 0 Å². The Morgan fingerprint density at radius 2 is 2.12 bits per heavy atom. The molecule has 0 aromatic heterocycles. The molecule has 0 saturated heterocycles. The predicted octanol–water partition coefficient (Wildman–Crippen LogP) is 3.51. The van der Waals surface area contributed by atoms with Gasteiger partial charge in [-0.2, -0.15) is 0 Å². The van der Waals surface area contributed by atoms with Crippen LogP contribution in [0, 0.1) is 0 Å². The lowest BCUT2D eigenvalue weighted by Crippen LogP contribution is -2.30. The molecule has 0 bridgehead atoms. The summed E-state index contributed by atoms with van der Waals surface area (Å²) >= 11 is 12.0. The highest BCUT2D eigenvalue weighted by molar-refractivity contribution is 6.42. The largest absolute Gasteiger partial charge is 0.380 e. The summed E-state index contributed by atoms with van der Waals surface area (Å²) < 4.78 is 5.32. The third-order valence-electron chi connectivity index (χ3n) is 2.24. The topological polar surface area (TPSA) is 21.3 Å². The van der Waals surface area contributed by atoms with Crippen molar-refractivity contribution in [3.05, 3.63) is 33.8 Å². The van der Waals surface area contributed by atoms with Crippen molar-refractivity contribution in [2.45, 2.75) is 26.4 Å². The number of benzene rings is 1. The third kappa shape index (κ3) is 4.30. The van der Waals surface area contributed by atoms with Gasteiger partial charge < -0.3 is 10.1 Å². The fourth-order valence-corrected chi connectivity index (χ4v) is 1.71. The summed E-state index contributed by atoms with van der Waals surface area (Å²) in [6.07, 6.45) is 0. The first-order chi connectivity index (χ1) is 7.65. The molecule has 2 nitrogen and oxygen atoms in total. The molecule has 0 amide bonds. The summed E-state index contributed by atoms with van der Waals surface area (Å²) in [4.78, 5) is 0. The Kier molecular flexibility index (Phi) is 6.14. The van der Waals surface area contributed by atoms with Crippen molar-refractivity contribution in [1.82, 2.24) is 5.32 Å². The first kappa shape index (κ1) is 13.8. The van der Waals surface area contributed by atoms with Crippen molar-refractivity contribution < 1.29 is 4.74 Å². The van der Waals surface area contributed by atoms with Crippen LogP contribution < -0.4 is 5.32 Å². The maximum Gasteiger partial charge on any atom is 0.0637 e. The smallest absolute Gasteiger partial charge is 0.0637 e. The minimum Gasteiger partial charge on any atom is -0.380 e. The molecule has 0 saturated carbocycles. The zero-order chi connectivity index (χ0) is 12.0. The monoisotopic (exact) mass is 261 g/mol. The number of ether oxygens (including phenoxy) is 1. The lowest BCUT2D eigenvalue weighted by molar-refractivity contribution is 0.127. The van der Waals surface area contributed by atoms with Gasteiger partial charge in [0.05, 0.1) is 16.7 Å². The summed E-state index contributed by atoms with van der Waals surface area (Å²) in [5, 5.41) is 4.55. The van der Waals surface area contributed by atoms with Gasteiger partial charge in [0.1, 0.15) is 0 Å². The normalized spacial score (nSPS) is 12.8. The zero-order valence-corrected chi connectivity index (χ0v) is 11.1. The van der Waals surface area contributed by atoms with Crippen LogP contribution in [0.5, 0.6) is 0 Å². The maximum atomic E-state index is 6.08. The van der Waals surface area contributed by atoms with Gasteiger partial charge in [0, 0.05) is 19.2 Å². The number of hydrogen-bond acceptors (Lipinski definition) is 2. The van der Waals surface area contributed by atoms with E-state index in [1.165, 1.54) is 0 Å². The highest BCUT2D eigenvalue weighted by Crippen LogP contribution is 2.25. The molecule has 1 N–H and O–H groups in total. The minimum atomic E-state index is 0.301. The molecular formula is C12H17Cl2NO.